The van der Waals surface area contributed by atoms with Crippen molar-refractivity contribution in [1.82, 2.24) is 5.43 Å². The third-order valence-corrected chi connectivity index (χ3v) is 1.22. The fraction of sp³-hybridized carbons (Fsp3) is 0.667. The number of nitrogens with zero attached hydrogens (tertiary/aromatic N) is 1. The van der Waals surface area contributed by atoms with Gasteiger partial charge in [0.25, 0.3) is 0 Å². The van der Waals surface area contributed by atoms with Crippen LogP contribution in [0.5, 0.6) is 0 Å². The van der Waals surface area contributed by atoms with Crippen LogP contribution in [-0.4, -0.2) is 22.5 Å². The minimum atomic E-state index is -1.03. The Hall–Kier alpha value is -1.10. The summed E-state index contributed by atoms with van der Waals surface area (Å²) in [5, 5.41) is 12.8. The Balaban J connectivity index is 4.12. The van der Waals surface area contributed by atoms with E-state index in [1.807, 2.05) is 5.43 Å². The average molecular weight is 159 g/mol. The topological polar surface area (TPSA) is 87.7 Å². The predicted molar refractivity (Wildman–Crippen MR) is 42.1 cm³/mol. The van der Waals surface area contributed by atoms with Gasteiger partial charge in [-0.05, 0) is 20.8 Å². The summed E-state index contributed by atoms with van der Waals surface area (Å²) >= 11 is 0. The molecule has 2 amide bonds. The van der Waals surface area contributed by atoms with Crippen LogP contribution in [0.2, 0.25) is 0 Å². The van der Waals surface area contributed by atoms with Gasteiger partial charge in [0, 0.05) is 0 Å². The SMILES string of the molecule is CC(=NNC(N)=O)C(C)(C)O. The first kappa shape index (κ1) is 9.90. The zero-order valence-electron chi connectivity index (χ0n) is 6.88. The lowest BCUT2D eigenvalue weighted by atomic mass is 10.1. The van der Waals surface area contributed by atoms with E-state index in [1.54, 1.807) is 20.8 Å². The number of nitrogens with two attached hydrogens (primary N) is 1. The number of nitrogens with one attached hydrogen (secondary N) is 1. The second-order valence-corrected chi connectivity index (χ2v) is 2.73. The molecule has 5 heteroatoms. The first-order chi connectivity index (χ1) is 4.84. The number of hydrazone groups is 1. The summed E-state index contributed by atoms with van der Waals surface area (Å²) in [7, 11) is 0. The van der Waals surface area contributed by atoms with Gasteiger partial charge in [-0.15, -0.1) is 0 Å². The molecular formula is C6H13N3O2. The largest absolute Gasteiger partial charge is 0.384 e. The van der Waals surface area contributed by atoms with Gasteiger partial charge in [0.05, 0.1) is 11.3 Å². The first-order valence-corrected chi connectivity index (χ1v) is 3.16. The third kappa shape index (κ3) is 4.32. The van der Waals surface area contributed by atoms with Crippen molar-refractivity contribution in [2.45, 2.75) is 26.4 Å². The molecule has 0 saturated carbocycles. The van der Waals surface area contributed by atoms with E-state index < -0.39 is 11.6 Å². The highest BCUT2D eigenvalue weighted by molar-refractivity contribution is 5.90. The fourth-order valence-corrected chi connectivity index (χ4v) is 0.276. The van der Waals surface area contributed by atoms with Crippen molar-refractivity contribution >= 4 is 11.7 Å². The van der Waals surface area contributed by atoms with E-state index >= 15 is 0 Å². The van der Waals surface area contributed by atoms with Crippen LogP contribution in [0.1, 0.15) is 20.8 Å². The van der Waals surface area contributed by atoms with Crippen molar-refractivity contribution in [3.05, 3.63) is 0 Å². The molecule has 0 fully saturated rings. The lowest BCUT2D eigenvalue weighted by Gasteiger charge is -2.15. The monoisotopic (exact) mass is 159 g/mol. The summed E-state index contributed by atoms with van der Waals surface area (Å²) in [6.45, 7) is 4.72. The molecule has 0 aliphatic rings. The molecule has 0 aromatic heterocycles. The van der Waals surface area contributed by atoms with Gasteiger partial charge in [0.2, 0.25) is 0 Å². The second kappa shape index (κ2) is 3.34. The molecule has 0 aliphatic carbocycles. The Kier molecular flexibility index (Phi) is 3.00. The van der Waals surface area contributed by atoms with Crippen molar-refractivity contribution < 1.29 is 9.90 Å². The molecule has 11 heavy (non-hydrogen) atoms. The summed E-state index contributed by atoms with van der Waals surface area (Å²) < 4.78 is 0. The quantitative estimate of drug-likeness (QED) is 0.385. The van der Waals surface area contributed by atoms with Crippen LogP contribution in [0.3, 0.4) is 0 Å². The number of primary amides is 1. The lowest BCUT2D eigenvalue weighted by Crippen LogP contribution is -2.33. The van der Waals surface area contributed by atoms with E-state index in [0.29, 0.717) is 5.71 Å². The van der Waals surface area contributed by atoms with Crippen LogP contribution >= 0.6 is 0 Å². The Morgan fingerprint density at radius 1 is 1.64 bits per heavy atom. The zero-order chi connectivity index (χ0) is 9.07. The molecule has 0 radical (unpaired) electrons. The Morgan fingerprint density at radius 3 is 2.36 bits per heavy atom. The smallest absolute Gasteiger partial charge is 0.332 e. The molecule has 0 heterocycles. The number of carbonyl (C=O) groups is 1. The van der Waals surface area contributed by atoms with E-state index in [4.69, 9.17) is 5.73 Å². The maximum Gasteiger partial charge on any atom is 0.332 e. The van der Waals surface area contributed by atoms with Crippen molar-refractivity contribution in [2.24, 2.45) is 10.8 Å². The van der Waals surface area contributed by atoms with Crippen molar-refractivity contribution in [2.75, 3.05) is 0 Å². The second-order valence-electron chi connectivity index (χ2n) is 2.73. The highest BCUT2D eigenvalue weighted by atomic mass is 16.3. The molecule has 5 nitrogen and oxygen atoms in total. The van der Waals surface area contributed by atoms with Gasteiger partial charge >= 0.3 is 6.03 Å². The van der Waals surface area contributed by atoms with Crippen LogP contribution < -0.4 is 11.2 Å². The lowest BCUT2D eigenvalue weighted by molar-refractivity contribution is 0.152. The molecule has 0 spiro atoms. The standard InChI is InChI=1S/C6H13N3O2/c1-4(6(2,3)11)8-9-5(7)10/h11H,1-3H3,(H3,7,9,10). The van der Waals surface area contributed by atoms with Crippen molar-refractivity contribution in [3.63, 3.8) is 0 Å². The summed E-state index contributed by atoms with van der Waals surface area (Å²) in [6, 6.07) is -0.742. The predicted octanol–water partition coefficient (Wildman–Crippen LogP) is -0.199. The van der Waals surface area contributed by atoms with Crippen molar-refractivity contribution in [3.8, 4) is 0 Å². The molecule has 0 rings (SSSR count). The highest BCUT2D eigenvalue weighted by Crippen LogP contribution is 2.02. The van der Waals surface area contributed by atoms with Gasteiger partial charge < -0.3 is 10.8 Å². The Labute approximate surface area is 65.3 Å². The molecular weight excluding hydrogens is 146 g/mol. The van der Waals surface area contributed by atoms with Crippen LogP contribution in [-0.2, 0) is 0 Å². The zero-order valence-corrected chi connectivity index (χ0v) is 6.88. The molecule has 0 aliphatic heterocycles. The highest BCUT2D eigenvalue weighted by Gasteiger charge is 2.16. The molecule has 0 bridgehead atoms. The minimum Gasteiger partial charge on any atom is -0.384 e. The molecule has 0 unspecified atom stereocenters. The number of amides is 2. The van der Waals surface area contributed by atoms with E-state index in [2.05, 4.69) is 5.10 Å². The van der Waals surface area contributed by atoms with E-state index in [0.717, 1.165) is 0 Å². The number of rotatable bonds is 2. The van der Waals surface area contributed by atoms with Gasteiger partial charge in [0.15, 0.2) is 0 Å². The fourth-order valence-electron chi connectivity index (χ4n) is 0.276. The summed E-state index contributed by atoms with van der Waals surface area (Å²) in [4.78, 5) is 10.2. The number of hydrogen-bond donors (Lipinski definition) is 3. The van der Waals surface area contributed by atoms with E-state index in [-0.39, 0.29) is 0 Å². The van der Waals surface area contributed by atoms with Crippen LogP contribution in [0.15, 0.2) is 5.10 Å². The van der Waals surface area contributed by atoms with Crippen molar-refractivity contribution in [1.29, 1.82) is 0 Å². The Morgan fingerprint density at radius 2 is 2.09 bits per heavy atom. The molecule has 0 atom stereocenters. The number of urea groups is 1. The summed E-state index contributed by atoms with van der Waals surface area (Å²) in [6.07, 6.45) is 0. The molecule has 64 valence electrons. The minimum absolute atomic E-state index is 0.399. The number of carbonyl (C=O) groups excluding carboxylic acids is 1. The van der Waals surface area contributed by atoms with Gasteiger partial charge in [0.1, 0.15) is 0 Å². The summed E-state index contributed by atoms with van der Waals surface area (Å²) in [5.41, 5.74) is 6.14. The maximum atomic E-state index is 10.2. The number of hydrogen-bond acceptors (Lipinski definition) is 3. The molecule has 0 aromatic rings. The van der Waals surface area contributed by atoms with E-state index in [9.17, 15) is 9.90 Å². The maximum absolute atomic E-state index is 10.2. The molecule has 0 saturated heterocycles. The van der Waals surface area contributed by atoms with Gasteiger partial charge in [-0.25, -0.2) is 10.2 Å². The van der Waals surface area contributed by atoms with Crippen LogP contribution in [0.4, 0.5) is 4.79 Å². The van der Waals surface area contributed by atoms with Crippen LogP contribution in [0, 0.1) is 0 Å². The number of aliphatic hydroxyl groups is 1. The van der Waals surface area contributed by atoms with Gasteiger partial charge in [-0.3, -0.25) is 0 Å². The third-order valence-electron chi connectivity index (χ3n) is 1.22. The Bertz CT molecular complexity index is 181. The molecule has 0 aromatic carbocycles. The normalized spacial score (nSPS) is 12.9. The average Bonchev–Trinajstić information content (AvgIpc) is 1.80. The first-order valence-electron chi connectivity index (χ1n) is 3.16. The van der Waals surface area contributed by atoms with Crippen LogP contribution in [0.25, 0.3) is 0 Å². The van der Waals surface area contributed by atoms with Gasteiger partial charge in [-0.2, -0.15) is 5.10 Å². The molecule has 4 N–H and O–H groups in total. The van der Waals surface area contributed by atoms with Gasteiger partial charge in [-0.1, -0.05) is 0 Å². The summed E-state index contributed by atoms with van der Waals surface area (Å²) in [5.74, 6) is 0. The van der Waals surface area contributed by atoms with E-state index in [1.165, 1.54) is 0 Å².